The fraction of sp³-hybridized carbons (Fsp3) is 0.0667. The first kappa shape index (κ1) is 18.7. The van der Waals surface area contributed by atoms with Crippen molar-refractivity contribution in [2.45, 2.75) is 11.8 Å². The zero-order valence-electron chi connectivity index (χ0n) is 12.6. The highest BCUT2D eigenvalue weighted by molar-refractivity contribution is 7.92. The largest absolute Gasteiger partial charge is 0.478 e. The monoisotopic (exact) mass is 387 g/mol. The number of aromatic carboxylic acids is 2. The van der Waals surface area contributed by atoms with Crippen LogP contribution in [0, 0.1) is 12.7 Å². The number of carbonyl (C=O) groups is 2. The molecule has 0 radical (unpaired) electrons. The second kappa shape index (κ2) is 6.69. The van der Waals surface area contributed by atoms with E-state index in [9.17, 15) is 22.4 Å². The van der Waals surface area contributed by atoms with Gasteiger partial charge in [-0.15, -0.1) is 0 Å². The maximum atomic E-state index is 13.7. The lowest BCUT2D eigenvalue weighted by atomic mass is 10.1. The fourth-order valence-corrected chi connectivity index (χ4v) is 3.33. The third kappa shape index (κ3) is 3.89. The van der Waals surface area contributed by atoms with Crippen LogP contribution in [0.4, 0.5) is 10.1 Å². The summed E-state index contributed by atoms with van der Waals surface area (Å²) < 4.78 is 40.5. The van der Waals surface area contributed by atoms with Gasteiger partial charge >= 0.3 is 11.9 Å². The molecule has 3 N–H and O–H groups in total. The summed E-state index contributed by atoms with van der Waals surface area (Å²) in [5, 5.41) is 17.2. The molecule has 2 rings (SSSR count). The van der Waals surface area contributed by atoms with Gasteiger partial charge in [0.1, 0.15) is 5.82 Å². The summed E-state index contributed by atoms with van der Waals surface area (Å²) in [6, 6.07) is 5.04. The Morgan fingerprint density at radius 1 is 1.08 bits per heavy atom. The third-order valence-corrected chi connectivity index (χ3v) is 5.00. The molecule has 0 fully saturated rings. The molecule has 0 spiro atoms. The number of aryl methyl sites for hydroxylation is 1. The number of benzene rings is 2. The number of carboxylic acids is 2. The lowest BCUT2D eigenvalue weighted by Crippen LogP contribution is -2.15. The van der Waals surface area contributed by atoms with Gasteiger partial charge in [-0.1, -0.05) is 11.6 Å². The minimum Gasteiger partial charge on any atom is -0.478 e. The number of hydrogen-bond donors (Lipinski definition) is 3. The van der Waals surface area contributed by atoms with Gasteiger partial charge in [-0.2, -0.15) is 0 Å². The van der Waals surface area contributed by atoms with Crippen molar-refractivity contribution in [3.63, 3.8) is 0 Å². The molecule has 0 aliphatic rings. The van der Waals surface area contributed by atoms with Gasteiger partial charge in [0.2, 0.25) is 0 Å². The molecule has 0 saturated heterocycles. The maximum absolute atomic E-state index is 13.7. The van der Waals surface area contributed by atoms with E-state index in [0.29, 0.717) is 11.6 Å². The Balaban J connectivity index is 2.45. The molecule has 0 unspecified atom stereocenters. The normalized spacial score (nSPS) is 11.2. The fourth-order valence-electron chi connectivity index (χ4n) is 2.06. The standard InChI is InChI=1S/C15H11ClFNO6S/c1-7-4-8(2-3-10(7)14(19)20)18-25(23,24)9-5-11(15(21)22)13(16)12(17)6-9/h2-6,18H,1H3,(H,19,20)(H,21,22). The third-order valence-electron chi connectivity index (χ3n) is 3.25. The average Bonchev–Trinajstić information content (AvgIpc) is 2.48. The first-order valence-corrected chi connectivity index (χ1v) is 8.48. The van der Waals surface area contributed by atoms with Crippen LogP contribution in [0.2, 0.25) is 5.02 Å². The van der Waals surface area contributed by atoms with E-state index in [1.807, 2.05) is 0 Å². The molecule has 7 nitrogen and oxygen atoms in total. The van der Waals surface area contributed by atoms with Crippen molar-refractivity contribution in [2.24, 2.45) is 0 Å². The molecule has 0 atom stereocenters. The summed E-state index contributed by atoms with van der Waals surface area (Å²) in [5.41, 5.74) is -0.357. The van der Waals surface area contributed by atoms with Crippen LogP contribution in [-0.4, -0.2) is 30.6 Å². The topological polar surface area (TPSA) is 121 Å². The van der Waals surface area contributed by atoms with Crippen LogP contribution < -0.4 is 4.72 Å². The van der Waals surface area contributed by atoms with Gasteiger partial charge in [0, 0.05) is 5.69 Å². The summed E-state index contributed by atoms with van der Waals surface area (Å²) in [7, 11) is -4.32. The molecule has 0 aliphatic carbocycles. The van der Waals surface area contributed by atoms with Crippen LogP contribution in [0.3, 0.4) is 0 Å². The Labute approximate surface area is 146 Å². The molecule has 0 saturated carbocycles. The van der Waals surface area contributed by atoms with Crippen LogP contribution in [0.25, 0.3) is 0 Å². The van der Waals surface area contributed by atoms with Gasteiger partial charge in [0.15, 0.2) is 0 Å². The molecule has 0 bridgehead atoms. The van der Waals surface area contributed by atoms with Crippen LogP contribution >= 0.6 is 11.6 Å². The molecule has 0 aromatic heterocycles. The molecule has 2 aromatic carbocycles. The first-order chi connectivity index (χ1) is 11.5. The molecular formula is C15H11ClFNO6S. The van der Waals surface area contributed by atoms with E-state index in [1.165, 1.54) is 25.1 Å². The van der Waals surface area contributed by atoms with Gasteiger partial charge < -0.3 is 10.2 Å². The summed E-state index contributed by atoms with van der Waals surface area (Å²) in [5.74, 6) is -3.94. The van der Waals surface area contributed by atoms with Crippen molar-refractivity contribution in [3.05, 3.63) is 57.9 Å². The van der Waals surface area contributed by atoms with E-state index in [2.05, 4.69) is 4.72 Å². The SMILES string of the molecule is Cc1cc(NS(=O)(=O)c2cc(F)c(Cl)c(C(=O)O)c2)ccc1C(=O)O. The summed E-state index contributed by atoms with van der Waals surface area (Å²) in [6.07, 6.45) is 0. The molecule has 0 amide bonds. The minimum atomic E-state index is -4.32. The molecule has 2 aromatic rings. The van der Waals surface area contributed by atoms with Gasteiger partial charge in [0.25, 0.3) is 10.0 Å². The zero-order valence-corrected chi connectivity index (χ0v) is 14.2. The zero-order chi connectivity index (χ0) is 18.9. The molecule has 0 heterocycles. The lowest BCUT2D eigenvalue weighted by molar-refractivity contribution is 0.0685. The van der Waals surface area contributed by atoms with Crippen molar-refractivity contribution in [3.8, 4) is 0 Å². The second-order valence-electron chi connectivity index (χ2n) is 5.01. The Morgan fingerprint density at radius 3 is 2.20 bits per heavy atom. The molecule has 132 valence electrons. The number of nitrogens with one attached hydrogen (secondary N) is 1. The Kier molecular flexibility index (Phi) is 5.00. The van der Waals surface area contributed by atoms with Crippen molar-refractivity contribution in [1.82, 2.24) is 0 Å². The van der Waals surface area contributed by atoms with Crippen molar-refractivity contribution in [2.75, 3.05) is 4.72 Å². The number of halogens is 2. The highest BCUT2D eigenvalue weighted by atomic mass is 35.5. The molecule has 0 aliphatic heterocycles. The van der Waals surface area contributed by atoms with E-state index in [0.717, 1.165) is 6.07 Å². The first-order valence-electron chi connectivity index (χ1n) is 6.62. The Morgan fingerprint density at radius 2 is 1.68 bits per heavy atom. The van der Waals surface area contributed by atoms with Crippen LogP contribution in [0.5, 0.6) is 0 Å². The van der Waals surface area contributed by atoms with Crippen molar-refractivity contribution < 1.29 is 32.6 Å². The predicted octanol–water partition coefficient (Wildman–Crippen LogP) is 2.98. The summed E-state index contributed by atoms with van der Waals surface area (Å²) in [4.78, 5) is 21.4. The van der Waals surface area contributed by atoms with Gasteiger partial charge in [0.05, 0.1) is 21.0 Å². The number of carboxylic acid groups (broad SMARTS) is 2. The van der Waals surface area contributed by atoms with Gasteiger partial charge in [-0.25, -0.2) is 22.4 Å². The smallest absolute Gasteiger partial charge is 0.337 e. The Hall–Kier alpha value is -2.65. The van der Waals surface area contributed by atoms with Gasteiger partial charge in [-0.3, -0.25) is 4.72 Å². The van der Waals surface area contributed by atoms with E-state index in [1.54, 1.807) is 0 Å². The highest BCUT2D eigenvalue weighted by Crippen LogP contribution is 2.26. The van der Waals surface area contributed by atoms with E-state index >= 15 is 0 Å². The van der Waals surface area contributed by atoms with E-state index < -0.39 is 43.3 Å². The summed E-state index contributed by atoms with van der Waals surface area (Å²) in [6.45, 7) is 1.48. The number of anilines is 1. The molecule has 25 heavy (non-hydrogen) atoms. The quantitative estimate of drug-likeness (QED) is 0.725. The summed E-state index contributed by atoms with van der Waals surface area (Å²) >= 11 is 5.51. The number of hydrogen-bond acceptors (Lipinski definition) is 4. The minimum absolute atomic E-state index is 0.00588. The average molecular weight is 388 g/mol. The van der Waals surface area contributed by atoms with Gasteiger partial charge in [-0.05, 0) is 42.8 Å². The Bertz CT molecular complexity index is 990. The molecule has 10 heteroatoms. The molecular weight excluding hydrogens is 377 g/mol. The van der Waals surface area contributed by atoms with Crippen molar-refractivity contribution in [1.29, 1.82) is 0 Å². The van der Waals surface area contributed by atoms with E-state index in [4.69, 9.17) is 21.8 Å². The van der Waals surface area contributed by atoms with Crippen molar-refractivity contribution >= 4 is 39.3 Å². The maximum Gasteiger partial charge on any atom is 0.337 e. The number of rotatable bonds is 5. The number of sulfonamides is 1. The lowest BCUT2D eigenvalue weighted by Gasteiger charge is -2.11. The highest BCUT2D eigenvalue weighted by Gasteiger charge is 2.22. The second-order valence-corrected chi connectivity index (χ2v) is 7.07. The predicted molar refractivity (Wildman–Crippen MR) is 87.3 cm³/mol. The van der Waals surface area contributed by atoms with E-state index in [-0.39, 0.29) is 11.3 Å². The van der Waals surface area contributed by atoms with Crippen LogP contribution in [0.1, 0.15) is 26.3 Å². The van der Waals surface area contributed by atoms with Crippen LogP contribution in [0.15, 0.2) is 35.2 Å². The van der Waals surface area contributed by atoms with Crippen LogP contribution in [-0.2, 0) is 10.0 Å².